The van der Waals surface area contributed by atoms with E-state index in [9.17, 15) is 8.42 Å². The van der Waals surface area contributed by atoms with Crippen molar-refractivity contribution >= 4 is 27.5 Å². The van der Waals surface area contributed by atoms with E-state index in [1.54, 1.807) is 48.5 Å². The quantitative estimate of drug-likeness (QED) is 0.796. The van der Waals surface area contributed by atoms with Gasteiger partial charge in [-0.25, -0.2) is 4.98 Å². The summed E-state index contributed by atoms with van der Waals surface area (Å²) in [6.45, 7) is 0.493. The summed E-state index contributed by atoms with van der Waals surface area (Å²) in [5, 5.41) is 0.424. The molecule has 108 valence electrons. The Morgan fingerprint density at radius 1 is 1.19 bits per heavy atom. The highest BCUT2D eigenvalue weighted by Gasteiger charge is 2.30. The summed E-state index contributed by atoms with van der Waals surface area (Å²) in [6, 6.07) is 10.4. The molecule has 21 heavy (non-hydrogen) atoms. The van der Waals surface area contributed by atoms with Gasteiger partial charge in [0.2, 0.25) is 0 Å². The second-order valence-electron chi connectivity index (χ2n) is 4.73. The molecular formula is C14H12ClN3O2S. The smallest absolute Gasteiger partial charge is 0.285 e. The molecule has 0 N–H and O–H groups in total. The minimum atomic E-state index is -3.59. The van der Waals surface area contributed by atoms with E-state index < -0.39 is 10.0 Å². The van der Waals surface area contributed by atoms with Crippen LogP contribution in [-0.4, -0.2) is 31.2 Å². The van der Waals surface area contributed by atoms with Crippen molar-refractivity contribution < 1.29 is 8.42 Å². The van der Waals surface area contributed by atoms with Gasteiger partial charge in [-0.2, -0.15) is 8.42 Å². The van der Waals surface area contributed by atoms with Gasteiger partial charge in [0.15, 0.2) is 5.84 Å². The van der Waals surface area contributed by atoms with E-state index in [-0.39, 0.29) is 4.90 Å². The zero-order chi connectivity index (χ0) is 15.0. The minimum absolute atomic E-state index is 0.251. The molecule has 0 atom stereocenters. The predicted octanol–water partition coefficient (Wildman–Crippen LogP) is 2.32. The van der Waals surface area contributed by atoms with Crippen LogP contribution in [0.15, 0.2) is 51.9 Å². The van der Waals surface area contributed by atoms with Crippen LogP contribution < -0.4 is 0 Å². The van der Waals surface area contributed by atoms with Gasteiger partial charge < -0.3 is 4.90 Å². The summed E-state index contributed by atoms with van der Waals surface area (Å²) in [5.74, 6) is 0.445. The van der Waals surface area contributed by atoms with Gasteiger partial charge in [0, 0.05) is 25.4 Å². The summed E-state index contributed by atoms with van der Waals surface area (Å²) in [4.78, 5) is 6.05. The zero-order valence-corrected chi connectivity index (χ0v) is 12.8. The van der Waals surface area contributed by atoms with Crippen LogP contribution in [0.25, 0.3) is 0 Å². The fraction of sp³-hybridized carbons (Fsp3) is 0.143. The maximum atomic E-state index is 12.0. The first kappa shape index (κ1) is 14.0. The van der Waals surface area contributed by atoms with E-state index in [0.29, 0.717) is 23.1 Å². The Morgan fingerprint density at radius 2 is 1.95 bits per heavy atom. The third kappa shape index (κ3) is 2.64. The lowest BCUT2D eigenvalue weighted by atomic mass is 10.2. The normalized spacial score (nSPS) is 15.4. The van der Waals surface area contributed by atoms with E-state index in [0.717, 1.165) is 5.56 Å². The molecule has 1 aromatic carbocycles. The van der Waals surface area contributed by atoms with Crippen LogP contribution >= 0.6 is 11.6 Å². The fourth-order valence-electron chi connectivity index (χ4n) is 2.21. The van der Waals surface area contributed by atoms with Crippen LogP contribution in [0.5, 0.6) is 0 Å². The number of aromatic nitrogens is 1. The zero-order valence-electron chi connectivity index (χ0n) is 11.2. The summed E-state index contributed by atoms with van der Waals surface area (Å²) < 4.78 is 27.9. The van der Waals surface area contributed by atoms with Crippen molar-refractivity contribution in [2.24, 2.45) is 4.40 Å². The van der Waals surface area contributed by atoms with Gasteiger partial charge in [-0.15, -0.1) is 4.40 Å². The lowest BCUT2D eigenvalue weighted by molar-refractivity contribution is 0.501. The van der Waals surface area contributed by atoms with Crippen LogP contribution in [-0.2, 0) is 16.6 Å². The summed E-state index contributed by atoms with van der Waals surface area (Å²) in [7, 11) is -1.79. The molecule has 0 radical (unpaired) electrons. The molecule has 0 aliphatic carbocycles. The van der Waals surface area contributed by atoms with Gasteiger partial charge >= 0.3 is 0 Å². The summed E-state index contributed by atoms with van der Waals surface area (Å²) >= 11 is 5.75. The van der Waals surface area contributed by atoms with Crippen molar-refractivity contribution in [2.75, 3.05) is 7.05 Å². The number of benzene rings is 1. The van der Waals surface area contributed by atoms with E-state index >= 15 is 0 Å². The van der Waals surface area contributed by atoms with Crippen molar-refractivity contribution in [3.05, 3.63) is 58.9 Å². The first-order chi connectivity index (χ1) is 9.97. The highest BCUT2D eigenvalue weighted by Crippen LogP contribution is 2.27. The van der Waals surface area contributed by atoms with Crippen molar-refractivity contribution in [3.63, 3.8) is 0 Å². The molecule has 0 fully saturated rings. The van der Waals surface area contributed by atoms with Gasteiger partial charge in [-0.3, -0.25) is 0 Å². The third-order valence-corrected chi connectivity index (χ3v) is 4.73. The number of sulfonamides is 1. The number of amidine groups is 1. The Hall–Kier alpha value is -1.92. The Bertz CT molecular complexity index is 816. The highest BCUT2D eigenvalue weighted by atomic mass is 35.5. The molecule has 0 amide bonds. The van der Waals surface area contributed by atoms with Crippen LogP contribution in [0.1, 0.15) is 11.1 Å². The Labute approximate surface area is 128 Å². The average molecular weight is 322 g/mol. The second kappa shape index (κ2) is 5.13. The maximum absolute atomic E-state index is 12.0. The van der Waals surface area contributed by atoms with Gasteiger partial charge in [0.25, 0.3) is 10.0 Å². The molecule has 2 heterocycles. The van der Waals surface area contributed by atoms with E-state index in [4.69, 9.17) is 11.6 Å². The molecule has 0 saturated heterocycles. The van der Waals surface area contributed by atoms with E-state index in [1.165, 1.54) is 0 Å². The fourth-order valence-corrected chi connectivity index (χ4v) is 3.58. The van der Waals surface area contributed by atoms with Crippen molar-refractivity contribution in [1.29, 1.82) is 0 Å². The number of nitrogens with zero attached hydrogens (tertiary/aromatic N) is 3. The number of hydrogen-bond acceptors (Lipinski definition) is 4. The first-order valence-electron chi connectivity index (χ1n) is 6.23. The third-order valence-electron chi connectivity index (χ3n) is 3.18. The number of fused-ring (bicyclic) bond motifs is 1. The standard InChI is InChI=1S/C14H12ClN3O2S/c1-18(9-10-6-7-13(15)16-8-10)14-11-4-2-3-5-12(11)21(19,20)17-14/h2-8H,9H2,1H3. The molecule has 2 aromatic rings. The van der Waals surface area contributed by atoms with Crippen LogP contribution in [0, 0.1) is 0 Å². The number of pyridine rings is 1. The molecule has 0 spiro atoms. The number of hydrogen-bond donors (Lipinski definition) is 0. The lowest BCUT2D eigenvalue weighted by Gasteiger charge is -2.18. The van der Waals surface area contributed by atoms with E-state index in [1.807, 2.05) is 6.07 Å². The molecule has 1 aliphatic rings. The Balaban J connectivity index is 1.92. The minimum Gasteiger partial charge on any atom is -0.354 e. The molecule has 1 aliphatic heterocycles. The first-order valence-corrected chi connectivity index (χ1v) is 8.05. The largest absolute Gasteiger partial charge is 0.354 e. The summed E-state index contributed by atoms with van der Waals surface area (Å²) in [6.07, 6.45) is 1.66. The lowest BCUT2D eigenvalue weighted by Crippen LogP contribution is -2.26. The molecule has 5 nitrogen and oxygen atoms in total. The molecule has 0 bridgehead atoms. The number of rotatable bonds is 2. The highest BCUT2D eigenvalue weighted by molar-refractivity contribution is 7.90. The summed E-state index contributed by atoms with van der Waals surface area (Å²) in [5.41, 5.74) is 1.55. The van der Waals surface area contributed by atoms with Crippen LogP contribution in [0.2, 0.25) is 5.15 Å². The SMILES string of the molecule is CN(Cc1ccc(Cl)nc1)C1=NS(=O)(=O)c2ccccc21. The van der Waals surface area contributed by atoms with E-state index in [2.05, 4.69) is 9.38 Å². The monoisotopic (exact) mass is 321 g/mol. The topological polar surface area (TPSA) is 62.6 Å². The number of halogens is 1. The van der Waals surface area contributed by atoms with Gasteiger partial charge in [-0.05, 0) is 23.8 Å². The molecule has 0 unspecified atom stereocenters. The molecule has 0 saturated carbocycles. The predicted molar refractivity (Wildman–Crippen MR) is 80.9 cm³/mol. The molecule has 7 heteroatoms. The van der Waals surface area contributed by atoms with Crippen molar-refractivity contribution in [3.8, 4) is 0 Å². The van der Waals surface area contributed by atoms with Crippen molar-refractivity contribution in [1.82, 2.24) is 9.88 Å². The Kier molecular flexibility index (Phi) is 3.43. The van der Waals surface area contributed by atoms with Gasteiger partial charge in [0.05, 0.1) is 0 Å². The molecule has 3 rings (SSSR count). The molecular weight excluding hydrogens is 310 g/mol. The van der Waals surface area contributed by atoms with Gasteiger partial charge in [-0.1, -0.05) is 29.8 Å². The second-order valence-corrected chi connectivity index (χ2v) is 6.69. The van der Waals surface area contributed by atoms with Crippen LogP contribution in [0.3, 0.4) is 0 Å². The molecule has 1 aromatic heterocycles. The average Bonchev–Trinajstić information content (AvgIpc) is 2.74. The van der Waals surface area contributed by atoms with Crippen molar-refractivity contribution in [2.45, 2.75) is 11.4 Å². The van der Waals surface area contributed by atoms with Gasteiger partial charge in [0.1, 0.15) is 10.0 Å². The Morgan fingerprint density at radius 3 is 2.67 bits per heavy atom. The maximum Gasteiger partial charge on any atom is 0.285 e. The van der Waals surface area contributed by atoms with Crippen LogP contribution in [0.4, 0.5) is 0 Å².